The van der Waals surface area contributed by atoms with Gasteiger partial charge in [0.15, 0.2) is 5.82 Å². The molecule has 5 rings (SSSR count). The van der Waals surface area contributed by atoms with E-state index in [1.165, 1.54) is 0 Å². The molecule has 3 aromatic heterocycles. The maximum absolute atomic E-state index is 12.7. The van der Waals surface area contributed by atoms with Crippen LogP contribution in [0.15, 0.2) is 60.9 Å². The van der Waals surface area contributed by atoms with Crippen LogP contribution in [0.4, 0.5) is 5.82 Å². The molecule has 0 spiro atoms. The number of ether oxygens (including phenoxy) is 1. The van der Waals surface area contributed by atoms with Gasteiger partial charge in [0, 0.05) is 23.9 Å². The van der Waals surface area contributed by atoms with E-state index in [0.29, 0.717) is 39.7 Å². The van der Waals surface area contributed by atoms with Gasteiger partial charge in [-0.15, -0.1) is 5.10 Å². The summed E-state index contributed by atoms with van der Waals surface area (Å²) in [6.45, 7) is 2.77. The Hall–Kier alpha value is -4.73. The molecule has 3 heterocycles. The van der Waals surface area contributed by atoms with E-state index in [2.05, 4.69) is 30.6 Å². The number of H-pyrrole nitrogens is 1. The van der Waals surface area contributed by atoms with Crippen molar-refractivity contribution in [3.8, 4) is 34.1 Å². The minimum atomic E-state index is -0.305. The number of hydrogen-bond donors (Lipinski definition) is 3. The zero-order valence-electron chi connectivity index (χ0n) is 19.2. The Morgan fingerprint density at radius 3 is 2.89 bits per heavy atom. The number of fused-ring (bicyclic) bond motifs is 1. The second-order valence-corrected chi connectivity index (χ2v) is 7.93. The molecular weight excluding hydrogens is 446 g/mol. The summed E-state index contributed by atoms with van der Waals surface area (Å²) in [5.41, 5.74) is 3.89. The molecule has 0 atom stereocenters. The molecule has 35 heavy (non-hydrogen) atoms. The van der Waals surface area contributed by atoms with Crippen molar-refractivity contribution in [3.63, 3.8) is 0 Å². The van der Waals surface area contributed by atoms with Crippen LogP contribution in [0, 0.1) is 0 Å². The fraction of sp³-hybridized carbons (Fsp3) is 0.160. The molecule has 176 valence electrons. The number of anilines is 1. The highest BCUT2D eigenvalue weighted by Crippen LogP contribution is 2.35. The molecule has 5 aromatic rings. The van der Waals surface area contributed by atoms with E-state index in [1.807, 2.05) is 25.1 Å². The van der Waals surface area contributed by atoms with Crippen molar-refractivity contribution in [2.24, 2.45) is 0 Å². The highest BCUT2D eigenvalue weighted by Gasteiger charge is 2.15. The van der Waals surface area contributed by atoms with Crippen molar-refractivity contribution in [2.45, 2.75) is 19.9 Å². The van der Waals surface area contributed by atoms with Crippen LogP contribution in [-0.2, 0) is 6.54 Å². The summed E-state index contributed by atoms with van der Waals surface area (Å²) in [5.74, 6) is 1.12. The maximum atomic E-state index is 12.7. The van der Waals surface area contributed by atoms with E-state index < -0.39 is 0 Å². The standard InChI is InChI=1S/C25H23N7O3/c1-3-11-32-14-22(30-31-32)29-24(34)16-6-8-19-20(13-16)28-23(27-19)18-12-15(7-9-21(18)33)17-5-4-10-26-25(17)35-2/h4-10,12-14,33H,3,11H2,1-2H3,(H,27,28)(H,29,34). The Labute approximate surface area is 200 Å². The van der Waals surface area contributed by atoms with Gasteiger partial charge in [0.2, 0.25) is 5.88 Å². The number of rotatable bonds is 7. The number of methoxy groups -OCH3 is 1. The summed E-state index contributed by atoms with van der Waals surface area (Å²) in [5, 5.41) is 21.3. The number of benzene rings is 2. The zero-order valence-corrected chi connectivity index (χ0v) is 19.2. The smallest absolute Gasteiger partial charge is 0.256 e. The molecule has 0 radical (unpaired) electrons. The first-order valence-electron chi connectivity index (χ1n) is 11.1. The van der Waals surface area contributed by atoms with E-state index in [1.54, 1.807) is 54.5 Å². The number of carbonyl (C=O) groups excluding carboxylic acids is 1. The average molecular weight is 470 g/mol. The number of aryl methyl sites for hydroxylation is 1. The third-order valence-corrected chi connectivity index (χ3v) is 5.50. The highest BCUT2D eigenvalue weighted by molar-refractivity contribution is 6.05. The number of nitrogens with zero attached hydrogens (tertiary/aromatic N) is 5. The third kappa shape index (κ3) is 4.41. The Balaban J connectivity index is 1.44. The monoisotopic (exact) mass is 469 g/mol. The van der Waals surface area contributed by atoms with Gasteiger partial charge in [0.05, 0.1) is 29.9 Å². The molecule has 3 N–H and O–H groups in total. The van der Waals surface area contributed by atoms with Crippen molar-refractivity contribution in [3.05, 3.63) is 66.5 Å². The Morgan fingerprint density at radius 2 is 2.06 bits per heavy atom. The number of hydrogen-bond acceptors (Lipinski definition) is 7. The van der Waals surface area contributed by atoms with Crippen LogP contribution >= 0.6 is 0 Å². The molecule has 0 fully saturated rings. The van der Waals surface area contributed by atoms with Gasteiger partial charge in [-0.1, -0.05) is 18.2 Å². The highest BCUT2D eigenvalue weighted by atomic mass is 16.5. The van der Waals surface area contributed by atoms with Gasteiger partial charge < -0.3 is 20.1 Å². The van der Waals surface area contributed by atoms with E-state index in [-0.39, 0.29) is 11.7 Å². The molecule has 0 aliphatic rings. The topological polar surface area (TPSA) is 131 Å². The molecule has 2 aromatic carbocycles. The molecule has 0 aliphatic carbocycles. The largest absolute Gasteiger partial charge is 0.507 e. The predicted octanol–water partition coefficient (Wildman–Crippen LogP) is 4.26. The van der Waals surface area contributed by atoms with Crippen LogP contribution in [0.3, 0.4) is 0 Å². The van der Waals surface area contributed by atoms with Crippen LogP contribution in [0.25, 0.3) is 33.5 Å². The van der Waals surface area contributed by atoms with E-state index in [4.69, 9.17) is 4.74 Å². The number of amides is 1. The third-order valence-electron chi connectivity index (χ3n) is 5.50. The maximum Gasteiger partial charge on any atom is 0.256 e. The number of carbonyl (C=O) groups is 1. The summed E-state index contributed by atoms with van der Waals surface area (Å²) in [4.78, 5) is 24.8. The zero-order chi connectivity index (χ0) is 24.4. The molecule has 0 saturated heterocycles. The summed E-state index contributed by atoms with van der Waals surface area (Å²) in [6, 6.07) is 14.1. The lowest BCUT2D eigenvalue weighted by Gasteiger charge is -2.09. The molecule has 0 saturated carbocycles. The SMILES string of the molecule is CCCn1cc(NC(=O)c2ccc3nc(-c4cc(-c5cccnc5OC)ccc4O)[nH]c3c2)nn1. The van der Waals surface area contributed by atoms with Crippen LogP contribution in [0.2, 0.25) is 0 Å². The molecule has 10 heteroatoms. The summed E-state index contributed by atoms with van der Waals surface area (Å²) >= 11 is 0. The lowest BCUT2D eigenvalue weighted by Crippen LogP contribution is -2.12. The van der Waals surface area contributed by atoms with Gasteiger partial charge in [-0.3, -0.25) is 9.48 Å². The lowest BCUT2D eigenvalue weighted by molar-refractivity contribution is 0.102. The fourth-order valence-corrected chi connectivity index (χ4v) is 3.83. The van der Waals surface area contributed by atoms with Crippen molar-refractivity contribution < 1.29 is 14.6 Å². The summed E-state index contributed by atoms with van der Waals surface area (Å²) in [7, 11) is 1.56. The molecule has 10 nitrogen and oxygen atoms in total. The number of aromatic amines is 1. The average Bonchev–Trinajstić information content (AvgIpc) is 3.50. The number of nitrogens with one attached hydrogen (secondary N) is 2. The first kappa shape index (κ1) is 22.1. The normalized spacial score (nSPS) is 11.0. The number of pyridine rings is 1. The van der Waals surface area contributed by atoms with Crippen LogP contribution < -0.4 is 10.1 Å². The summed E-state index contributed by atoms with van der Waals surface area (Å²) < 4.78 is 7.05. The molecule has 0 bridgehead atoms. The quantitative estimate of drug-likeness (QED) is 0.325. The van der Waals surface area contributed by atoms with E-state index in [0.717, 1.165) is 24.1 Å². The van der Waals surface area contributed by atoms with Crippen LogP contribution in [0.5, 0.6) is 11.6 Å². The first-order chi connectivity index (χ1) is 17.1. The van der Waals surface area contributed by atoms with Gasteiger partial charge in [-0.05, 0) is 54.4 Å². The Kier molecular flexibility index (Phi) is 5.84. The van der Waals surface area contributed by atoms with Crippen LogP contribution in [0.1, 0.15) is 23.7 Å². The van der Waals surface area contributed by atoms with Crippen molar-refractivity contribution in [1.29, 1.82) is 0 Å². The van der Waals surface area contributed by atoms with Gasteiger partial charge >= 0.3 is 0 Å². The van der Waals surface area contributed by atoms with Crippen molar-refractivity contribution >= 4 is 22.8 Å². The molecule has 0 unspecified atom stereocenters. The van der Waals surface area contributed by atoms with Crippen LogP contribution in [-0.4, -0.2) is 48.1 Å². The second-order valence-electron chi connectivity index (χ2n) is 7.93. The minimum Gasteiger partial charge on any atom is -0.507 e. The van der Waals surface area contributed by atoms with Crippen molar-refractivity contribution in [2.75, 3.05) is 12.4 Å². The van der Waals surface area contributed by atoms with Gasteiger partial charge in [0.1, 0.15) is 11.6 Å². The van der Waals surface area contributed by atoms with Gasteiger partial charge in [-0.2, -0.15) is 0 Å². The Morgan fingerprint density at radius 1 is 1.17 bits per heavy atom. The number of imidazole rings is 1. The molecule has 1 amide bonds. The number of phenols is 1. The number of aromatic hydroxyl groups is 1. The second kappa shape index (κ2) is 9.26. The molecule has 0 aliphatic heterocycles. The van der Waals surface area contributed by atoms with E-state index >= 15 is 0 Å². The number of aromatic nitrogens is 6. The first-order valence-corrected chi connectivity index (χ1v) is 11.1. The Bertz CT molecular complexity index is 1520. The predicted molar refractivity (Wildman–Crippen MR) is 131 cm³/mol. The van der Waals surface area contributed by atoms with Gasteiger partial charge in [0.25, 0.3) is 5.91 Å². The number of phenolic OH excluding ortho intramolecular Hbond substituents is 1. The van der Waals surface area contributed by atoms with Gasteiger partial charge in [-0.25, -0.2) is 9.97 Å². The van der Waals surface area contributed by atoms with Crippen molar-refractivity contribution in [1.82, 2.24) is 29.9 Å². The lowest BCUT2D eigenvalue weighted by atomic mass is 10.0. The fourth-order valence-electron chi connectivity index (χ4n) is 3.83. The summed E-state index contributed by atoms with van der Waals surface area (Å²) in [6.07, 6.45) is 4.27. The minimum absolute atomic E-state index is 0.0730. The van der Waals surface area contributed by atoms with E-state index in [9.17, 15) is 9.90 Å². The molecular formula is C25H23N7O3.